The molecule has 8 atom stereocenters. The highest BCUT2D eigenvalue weighted by Crippen LogP contribution is 2.52. The lowest BCUT2D eigenvalue weighted by atomic mass is 9.92. The summed E-state index contributed by atoms with van der Waals surface area (Å²) in [6.45, 7) is 8.12. The first-order valence-corrected chi connectivity index (χ1v) is 33.4. The van der Waals surface area contributed by atoms with Gasteiger partial charge in [0.2, 0.25) is 5.91 Å². The SMILES string of the molecule is C#Cc1c(F)ccc2cccc(-c3ncc4c(N(C)[C@@H]5CCN(C(=O)C=C)C5)nc(OC[C@@]56CCC(c7ccc(Cl)c8c(-c9ncc%10c(N(C)[C@@H]%11CCN(C(=O)C#CC%12COCCN%12C)C%11)nc(OC[C@@]%11%12CCCN%11C[C@H](F)C%12)nc%10c9F)cccc78)N5C[C@H](F)C6)nc4c3F)c12. The molecule has 97 heavy (non-hydrogen) atoms. The van der Waals surface area contributed by atoms with Crippen LogP contribution in [-0.4, -0.2) is 208 Å². The predicted octanol–water partition coefficient (Wildman–Crippen LogP) is 10.3. The first-order valence-electron chi connectivity index (χ1n) is 33.1. The van der Waals surface area contributed by atoms with Crippen molar-refractivity contribution in [2.75, 3.05) is 110 Å². The Morgan fingerprint density at radius 1 is 0.753 bits per heavy atom. The van der Waals surface area contributed by atoms with Gasteiger partial charge < -0.3 is 33.8 Å². The number of fused-ring (bicyclic) bond motifs is 6. The molecule has 15 rings (SSSR count). The second-order valence-corrected chi connectivity index (χ2v) is 27.3. The van der Waals surface area contributed by atoms with Crippen molar-refractivity contribution in [3.8, 4) is 58.7 Å². The number of terminal acetylenes is 1. The third-order valence-corrected chi connectivity index (χ3v) is 21.8. The second-order valence-electron chi connectivity index (χ2n) is 26.9. The number of likely N-dealkylation sites (tertiary alicyclic amines) is 2. The molecule has 0 radical (unpaired) electrons. The average Bonchev–Trinajstić information content (AvgIpc) is 1.73. The Balaban J connectivity index is 0.752. The minimum Gasteiger partial charge on any atom is -0.461 e. The largest absolute Gasteiger partial charge is 0.461 e. The number of carbonyl (C=O) groups is 2. The van der Waals surface area contributed by atoms with Crippen molar-refractivity contribution in [3.63, 3.8) is 0 Å². The Morgan fingerprint density at radius 3 is 2.07 bits per heavy atom. The number of benzene rings is 4. The molecule has 0 aliphatic carbocycles. The van der Waals surface area contributed by atoms with E-state index in [-0.39, 0.29) is 119 Å². The normalized spacial score (nSPS) is 25.0. The van der Waals surface area contributed by atoms with Crippen molar-refractivity contribution in [2.45, 2.75) is 99.0 Å². The molecule has 7 saturated heterocycles. The molecule has 24 heteroatoms. The number of aromatic nitrogens is 6. The maximum atomic E-state index is 18.1. The smallest absolute Gasteiger partial charge is 0.319 e. The molecule has 0 N–H and O–H groups in total. The van der Waals surface area contributed by atoms with Crippen molar-refractivity contribution < 1.29 is 45.8 Å². The van der Waals surface area contributed by atoms with Crippen molar-refractivity contribution in [3.05, 3.63) is 119 Å². The highest BCUT2D eigenvalue weighted by molar-refractivity contribution is 6.37. The maximum Gasteiger partial charge on any atom is 0.319 e. The van der Waals surface area contributed by atoms with E-state index >= 15 is 22.0 Å². The minimum atomic E-state index is -1.25. The molecule has 11 heterocycles. The van der Waals surface area contributed by atoms with E-state index < -0.39 is 40.9 Å². The van der Waals surface area contributed by atoms with Gasteiger partial charge in [-0.25, -0.2) is 22.0 Å². The quantitative estimate of drug-likeness (QED) is 0.0574. The molecule has 7 aliphatic rings. The van der Waals surface area contributed by atoms with Crippen LogP contribution in [0.2, 0.25) is 5.02 Å². The van der Waals surface area contributed by atoms with E-state index in [9.17, 15) is 9.59 Å². The molecular weight excluding hydrogens is 1270 g/mol. The average molecular weight is 1340 g/mol. The maximum absolute atomic E-state index is 18.1. The lowest BCUT2D eigenvalue weighted by molar-refractivity contribution is -0.125. The Morgan fingerprint density at radius 2 is 1.39 bits per heavy atom. The number of carbonyl (C=O) groups excluding carboxylic acids is 2. The summed E-state index contributed by atoms with van der Waals surface area (Å²) < 4.78 is 101. The number of nitrogens with zero attached hydrogens (tertiary/aromatic N) is 13. The summed E-state index contributed by atoms with van der Waals surface area (Å²) in [6, 6.07) is 15.8. The fourth-order valence-corrected chi connectivity index (χ4v) is 16.6. The number of amides is 2. The van der Waals surface area contributed by atoms with Gasteiger partial charge in [-0.2, -0.15) is 19.9 Å². The molecule has 18 nitrogen and oxygen atoms in total. The zero-order valence-electron chi connectivity index (χ0n) is 54.0. The predicted molar refractivity (Wildman–Crippen MR) is 360 cm³/mol. The number of likely N-dealkylation sites (N-methyl/N-ethyl adjacent to an activating group) is 3. The molecule has 2 unspecified atom stereocenters. The fraction of sp³-hybridized carbons (Fsp3) is 0.425. The highest BCUT2D eigenvalue weighted by Gasteiger charge is 2.55. The lowest BCUT2D eigenvalue weighted by Crippen LogP contribution is -2.44. The number of morpholine rings is 1. The second kappa shape index (κ2) is 25.5. The van der Waals surface area contributed by atoms with Crippen LogP contribution < -0.4 is 19.3 Å². The van der Waals surface area contributed by atoms with Crippen LogP contribution in [0.5, 0.6) is 12.0 Å². The van der Waals surface area contributed by atoms with Crippen LogP contribution in [-0.2, 0) is 14.3 Å². The van der Waals surface area contributed by atoms with Gasteiger partial charge in [-0.3, -0.25) is 34.3 Å². The first kappa shape index (κ1) is 64.2. The van der Waals surface area contributed by atoms with Gasteiger partial charge in [0.1, 0.15) is 65.4 Å². The van der Waals surface area contributed by atoms with E-state index in [4.69, 9.17) is 57.2 Å². The highest BCUT2D eigenvalue weighted by atomic mass is 35.5. The number of rotatable bonds is 14. The Kier molecular flexibility index (Phi) is 16.9. The Hall–Kier alpha value is -8.84. The molecule has 500 valence electrons. The summed E-state index contributed by atoms with van der Waals surface area (Å²) in [7, 11) is 5.60. The summed E-state index contributed by atoms with van der Waals surface area (Å²) >= 11 is 7.25. The number of halogens is 6. The molecular formula is C73H71ClF5N13O5. The molecule has 8 aromatic rings. The summed E-state index contributed by atoms with van der Waals surface area (Å²) in [5.41, 5.74) is -0.361. The van der Waals surface area contributed by atoms with Gasteiger partial charge in [0.25, 0.3) is 5.91 Å². The minimum absolute atomic E-state index is 0.0324. The Labute approximate surface area is 562 Å². The van der Waals surface area contributed by atoms with Crippen LogP contribution in [0.15, 0.2) is 85.7 Å². The summed E-state index contributed by atoms with van der Waals surface area (Å²) in [5, 5.41) is 3.00. The van der Waals surface area contributed by atoms with E-state index in [0.717, 1.165) is 31.5 Å². The Bertz CT molecular complexity index is 4650. The number of ether oxygens (including phenoxy) is 3. The number of hydrogen-bond donors (Lipinski definition) is 0. The zero-order valence-corrected chi connectivity index (χ0v) is 54.8. The number of anilines is 2. The van der Waals surface area contributed by atoms with E-state index in [0.29, 0.717) is 121 Å². The van der Waals surface area contributed by atoms with Gasteiger partial charge in [-0.15, -0.1) is 6.42 Å². The molecule has 7 aliphatic heterocycles. The van der Waals surface area contributed by atoms with Crippen LogP contribution in [0.4, 0.5) is 33.6 Å². The lowest BCUT2D eigenvalue weighted by Gasteiger charge is -2.35. The van der Waals surface area contributed by atoms with E-state index in [1.54, 1.807) is 59.4 Å². The van der Waals surface area contributed by atoms with E-state index in [1.165, 1.54) is 18.3 Å². The third-order valence-electron chi connectivity index (χ3n) is 21.5. The molecule has 0 spiro atoms. The van der Waals surface area contributed by atoms with Crippen LogP contribution in [0, 0.1) is 41.6 Å². The first-order chi connectivity index (χ1) is 46.9. The van der Waals surface area contributed by atoms with Crippen molar-refractivity contribution >= 4 is 78.4 Å². The standard InChI is InChI=1S/C73H71ClF5N13O5/c1-6-48-56(77)19-15-42-11-8-13-51(60(42)48)64-62(78)66-53(33-80-64)69(87(4)45-22-27-89(37-45)58(93)7-2)85-71(83-66)97-41-73-25-21-57(92(73)36-44(76)32-73)49-17-18-55(74)61-50(49)12-9-14-52(61)65-63(79)67-54(34-81-65)68(84-70(82-67)96-40-72-24-10-26-91(72)35-43(75)31-72)88(5)46-23-28-90(38-46)59(94)20-16-47-39-95-30-29-86(47)3/h1,7-9,11-15,17-19,33-34,43-47,57H,2,10,21-32,35-41H2,3-5H3/t43-,44-,45-,46-,47?,57?,72+,73+/m1/s1. The van der Waals surface area contributed by atoms with Gasteiger partial charge in [-0.05, 0) is 92.6 Å². The number of alkyl halides is 2. The number of hydrogen-bond acceptors (Lipinski definition) is 16. The van der Waals surface area contributed by atoms with Crippen LogP contribution in [0.1, 0.15) is 68.5 Å². The number of pyridine rings is 2. The van der Waals surface area contributed by atoms with Crippen LogP contribution >= 0.6 is 11.6 Å². The summed E-state index contributed by atoms with van der Waals surface area (Å²) in [6.07, 6.45) is 12.1. The molecule has 4 aromatic carbocycles. The van der Waals surface area contributed by atoms with Crippen molar-refractivity contribution in [2.24, 2.45) is 0 Å². The van der Waals surface area contributed by atoms with Crippen molar-refractivity contribution in [1.29, 1.82) is 0 Å². The van der Waals surface area contributed by atoms with Gasteiger partial charge in [0, 0.05) is 130 Å². The summed E-state index contributed by atoms with van der Waals surface area (Å²) in [5.74, 6) is 6.26. The van der Waals surface area contributed by atoms with Crippen LogP contribution in [0.25, 0.3) is 65.9 Å². The third kappa shape index (κ3) is 11.3. The van der Waals surface area contributed by atoms with Crippen molar-refractivity contribution in [1.82, 2.24) is 54.4 Å². The van der Waals surface area contributed by atoms with Crippen LogP contribution in [0.3, 0.4) is 0 Å². The monoisotopic (exact) mass is 1340 g/mol. The van der Waals surface area contributed by atoms with Gasteiger partial charge >= 0.3 is 12.0 Å². The van der Waals surface area contributed by atoms with E-state index in [1.807, 2.05) is 42.1 Å². The van der Waals surface area contributed by atoms with Gasteiger partial charge in [0.15, 0.2) is 11.6 Å². The molecule has 2 amide bonds. The van der Waals surface area contributed by atoms with Gasteiger partial charge in [-0.1, -0.05) is 78.6 Å². The van der Waals surface area contributed by atoms with E-state index in [2.05, 4.69) is 44.0 Å². The fourth-order valence-electron chi connectivity index (χ4n) is 16.3. The van der Waals surface area contributed by atoms with Gasteiger partial charge in [0.05, 0.1) is 46.7 Å². The topological polar surface area (TPSA) is 162 Å². The summed E-state index contributed by atoms with van der Waals surface area (Å²) in [4.78, 5) is 68.6. The molecule has 0 bridgehead atoms. The molecule has 4 aromatic heterocycles. The zero-order chi connectivity index (χ0) is 67.2. The molecule has 0 saturated carbocycles. The molecule has 7 fully saturated rings.